The van der Waals surface area contributed by atoms with E-state index in [9.17, 15) is 4.79 Å². The molecule has 2 aliphatic rings. The smallest absolute Gasteiger partial charge is 0.414 e. The molecule has 9 heteroatoms. The van der Waals surface area contributed by atoms with Gasteiger partial charge in [0.05, 0.1) is 16.5 Å². The summed E-state index contributed by atoms with van der Waals surface area (Å²) >= 11 is 0. The summed E-state index contributed by atoms with van der Waals surface area (Å²) in [5, 5.41) is 5.89. The van der Waals surface area contributed by atoms with E-state index in [0.29, 0.717) is 38.1 Å². The zero-order valence-corrected chi connectivity index (χ0v) is 27.1. The molecule has 7 rings (SSSR count). The first-order valence-electron chi connectivity index (χ1n) is 15.9. The van der Waals surface area contributed by atoms with Crippen molar-refractivity contribution in [1.82, 2.24) is 19.7 Å². The Balaban J connectivity index is 1.21. The van der Waals surface area contributed by atoms with Crippen LogP contribution in [0.3, 0.4) is 0 Å². The number of benzene rings is 3. The van der Waals surface area contributed by atoms with Crippen LogP contribution in [0, 0.1) is 0 Å². The fourth-order valence-electron chi connectivity index (χ4n) is 6.05. The van der Waals surface area contributed by atoms with Crippen molar-refractivity contribution in [2.45, 2.75) is 51.4 Å². The summed E-state index contributed by atoms with van der Waals surface area (Å²) in [4.78, 5) is 19.1. The van der Waals surface area contributed by atoms with E-state index in [1.54, 1.807) is 4.90 Å². The van der Waals surface area contributed by atoms with Crippen molar-refractivity contribution >= 4 is 17.0 Å². The first kappa shape index (κ1) is 30.3. The van der Waals surface area contributed by atoms with Crippen LogP contribution in [0.4, 0.5) is 4.79 Å². The number of rotatable bonds is 7. The molecule has 0 saturated carbocycles. The highest BCUT2D eigenvalue weighted by atomic mass is 16.6. The molecule has 5 aromatic rings. The molecule has 1 unspecified atom stereocenters. The zero-order valence-electron chi connectivity index (χ0n) is 27.1. The summed E-state index contributed by atoms with van der Waals surface area (Å²) < 4.78 is 26.2. The SMILES string of the molecule is Cn1nc(-c2ccc(OCc3ccccc3)nc2OCc2ccccc2)c2cc3c(cc21)C1(C=CN(C(=O)OC(C)(C)C)CC1)CO3. The Labute approximate surface area is 274 Å². The summed E-state index contributed by atoms with van der Waals surface area (Å²) in [5.74, 6) is 1.72. The van der Waals surface area contributed by atoms with Crippen molar-refractivity contribution < 1.29 is 23.7 Å². The van der Waals surface area contributed by atoms with Gasteiger partial charge in [0.1, 0.15) is 36.9 Å². The zero-order chi connectivity index (χ0) is 32.6. The molecule has 1 amide bonds. The maximum absolute atomic E-state index is 12.7. The molecule has 0 bridgehead atoms. The Bertz CT molecular complexity index is 1950. The Kier molecular flexibility index (Phi) is 7.83. The fraction of sp³-hybridized carbons (Fsp3) is 0.289. The number of aryl methyl sites for hydroxylation is 1. The lowest BCUT2D eigenvalue weighted by Gasteiger charge is -2.33. The molecule has 4 heterocycles. The minimum absolute atomic E-state index is 0.338. The van der Waals surface area contributed by atoms with Crippen LogP contribution in [0.1, 0.15) is 43.9 Å². The number of pyridine rings is 1. The van der Waals surface area contributed by atoms with Gasteiger partial charge >= 0.3 is 6.09 Å². The highest BCUT2D eigenvalue weighted by Gasteiger charge is 2.42. The molecule has 0 fully saturated rings. The predicted molar refractivity (Wildman–Crippen MR) is 179 cm³/mol. The van der Waals surface area contributed by atoms with Gasteiger partial charge in [-0.1, -0.05) is 66.7 Å². The lowest BCUT2D eigenvalue weighted by molar-refractivity contribution is 0.0312. The maximum atomic E-state index is 12.7. The predicted octanol–water partition coefficient (Wildman–Crippen LogP) is 7.58. The van der Waals surface area contributed by atoms with Gasteiger partial charge in [-0.05, 0) is 56.5 Å². The van der Waals surface area contributed by atoms with Crippen molar-refractivity contribution in [3.8, 4) is 28.8 Å². The number of carbonyl (C=O) groups is 1. The normalized spacial score (nSPS) is 17.1. The number of hydrogen-bond acceptors (Lipinski definition) is 7. The van der Waals surface area contributed by atoms with Crippen molar-refractivity contribution in [2.24, 2.45) is 7.05 Å². The lowest BCUT2D eigenvalue weighted by Crippen LogP contribution is -2.41. The van der Waals surface area contributed by atoms with Crippen molar-refractivity contribution in [1.29, 1.82) is 0 Å². The minimum atomic E-state index is -0.552. The molecule has 2 aromatic heterocycles. The van der Waals surface area contributed by atoms with Gasteiger partial charge in [-0.3, -0.25) is 9.58 Å². The number of ether oxygens (including phenoxy) is 4. The van der Waals surface area contributed by atoms with Crippen molar-refractivity contribution in [3.63, 3.8) is 0 Å². The third kappa shape index (κ3) is 6.25. The van der Waals surface area contributed by atoms with Gasteiger partial charge in [-0.25, -0.2) is 4.79 Å². The lowest BCUT2D eigenvalue weighted by atomic mass is 9.77. The monoisotopic (exact) mass is 630 g/mol. The van der Waals surface area contributed by atoms with E-state index in [1.807, 2.05) is 111 Å². The van der Waals surface area contributed by atoms with Gasteiger partial charge in [-0.15, -0.1) is 0 Å². The molecule has 2 aliphatic heterocycles. The van der Waals surface area contributed by atoms with Gasteiger partial charge in [0, 0.05) is 36.8 Å². The summed E-state index contributed by atoms with van der Waals surface area (Å²) in [7, 11) is 1.94. The van der Waals surface area contributed by atoms with Crippen molar-refractivity contribution in [2.75, 3.05) is 13.2 Å². The minimum Gasteiger partial charge on any atom is -0.492 e. The number of aromatic nitrogens is 3. The number of fused-ring (bicyclic) bond motifs is 3. The topological polar surface area (TPSA) is 87.9 Å². The standard InChI is InChI=1S/C38H38N4O5/c1-37(2,3)47-36(43)42-19-17-38(18-20-42)25-46-32-21-29-31(22-30(32)38)41(4)40-34(29)28-15-16-33(44-23-26-11-7-5-8-12-26)39-35(28)45-24-27-13-9-6-10-14-27/h5-17,19,21-22H,18,20,23-25H2,1-4H3. The second-order valence-corrected chi connectivity index (χ2v) is 13.1. The molecule has 0 saturated heterocycles. The number of carbonyl (C=O) groups excluding carboxylic acids is 1. The third-order valence-corrected chi connectivity index (χ3v) is 8.51. The number of amides is 1. The number of hydrogen-bond donors (Lipinski definition) is 0. The van der Waals surface area contributed by atoms with Crippen LogP contribution in [0.25, 0.3) is 22.2 Å². The Morgan fingerprint density at radius 2 is 1.64 bits per heavy atom. The first-order chi connectivity index (χ1) is 22.7. The van der Waals surface area contributed by atoms with Crippen LogP contribution in [-0.2, 0) is 30.4 Å². The van der Waals surface area contributed by atoms with Gasteiger partial charge in [-0.2, -0.15) is 10.1 Å². The average Bonchev–Trinajstić information content (AvgIpc) is 3.58. The Hall–Kier alpha value is -5.31. The van der Waals surface area contributed by atoms with Crippen LogP contribution < -0.4 is 14.2 Å². The van der Waals surface area contributed by atoms with E-state index in [2.05, 4.69) is 18.2 Å². The van der Waals surface area contributed by atoms with E-state index in [1.165, 1.54) is 0 Å². The van der Waals surface area contributed by atoms with E-state index in [0.717, 1.165) is 51.0 Å². The van der Waals surface area contributed by atoms with E-state index in [-0.39, 0.29) is 11.5 Å². The first-order valence-corrected chi connectivity index (χ1v) is 15.9. The second-order valence-electron chi connectivity index (χ2n) is 13.1. The highest BCUT2D eigenvalue weighted by molar-refractivity contribution is 5.96. The Morgan fingerprint density at radius 3 is 2.30 bits per heavy atom. The van der Waals surface area contributed by atoms with Crippen LogP contribution in [0.15, 0.2) is 97.2 Å². The quantitative estimate of drug-likeness (QED) is 0.183. The molecule has 0 aliphatic carbocycles. The van der Waals surface area contributed by atoms with Crippen LogP contribution in [-0.4, -0.2) is 44.5 Å². The summed E-state index contributed by atoms with van der Waals surface area (Å²) in [6.07, 6.45) is 4.28. The summed E-state index contributed by atoms with van der Waals surface area (Å²) in [6.45, 7) is 7.40. The molecule has 1 spiro atoms. The van der Waals surface area contributed by atoms with Gasteiger partial charge in [0.15, 0.2) is 0 Å². The third-order valence-electron chi connectivity index (χ3n) is 8.51. The van der Waals surface area contributed by atoms with Gasteiger partial charge in [0.2, 0.25) is 11.8 Å². The largest absolute Gasteiger partial charge is 0.492 e. The van der Waals surface area contributed by atoms with E-state index in [4.69, 9.17) is 29.0 Å². The van der Waals surface area contributed by atoms with Gasteiger partial charge < -0.3 is 18.9 Å². The van der Waals surface area contributed by atoms with Crippen LogP contribution in [0.5, 0.6) is 17.5 Å². The van der Waals surface area contributed by atoms with Gasteiger partial charge in [0.25, 0.3) is 0 Å². The van der Waals surface area contributed by atoms with E-state index < -0.39 is 5.60 Å². The average molecular weight is 631 g/mol. The number of nitrogens with zero attached hydrogens (tertiary/aromatic N) is 4. The van der Waals surface area contributed by atoms with Crippen molar-refractivity contribution in [3.05, 3.63) is 114 Å². The molecule has 0 radical (unpaired) electrons. The molecular formula is C38H38N4O5. The molecule has 47 heavy (non-hydrogen) atoms. The molecule has 1 atom stereocenters. The summed E-state index contributed by atoms with van der Waals surface area (Å²) in [6, 6.07) is 28.0. The second kappa shape index (κ2) is 12.1. The Morgan fingerprint density at radius 1 is 0.936 bits per heavy atom. The molecule has 3 aromatic carbocycles. The highest BCUT2D eigenvalue weighted by Crippen LogP contribution is 2.47. The molecule has 240 valence electrons. The maximum Gasteiger partial charge on any atom is 0.414 e. The van der Waals surface area contributed by atoms with E-state index >= 15 is 0 Å². The molecule has 0 N–H and O–H groups in total. The summed E-state index contributed by atoms with van der Waals surface area (Å²) in [5.41, 5.74) is 4.75. The van der Waals surface area contributed by atoms with Crippen LogP contribution in [0.2, 0.25) is 0 Å². The van der Waals surface area contributed by atoms with Crippen LogP contribution >= 0.6 is 0 Å². The molecule has 9 nitrogen and oxygen atoms in total. The fourth-order valence-corrected chi connectivity index (χ4v) is 6.05. The molecular weight excluding hydrogens is 592 g/mol.